The number of thioether (sulfide) groups is 1. The lowest BCUT2D eigenvalue weighted by Crippen LogP contribution is -2.26. The molecule has 1 aromatic carbocycles. The molecule has 0 fully saturated rings. The van der Waals surface area contributed by atoms with Crippen molar-refractivity contribution >= 4 is 39.1 Å². The van der Waals surface area contributed by atoms with Gasteiger partial charge in [-0.3, -0.25) is 10.1 Å². The number of nitrogens with zero attached hydrogens (tertiary/aromatic N) is 1. The molecule has 0 bridgehead atoms. The molecule has 6 nitrogen and oxygen atoms in total. The summed E-state index contributed by atoms with van der Waals surface area (Å²) in [7, 11) is -3.80. The van der Waals surface area contributed by atoms with E-state index >= 15 is 0 Å². The Morgan fingerprint density at radius 2 is 2.19 bits per heavy atom. The minimum Gasteiger partial charge on any atom is -0.258 e. The Balaban J connectivity index is 2.95. The number of benzene rings is 1. The van der Waals surface area contributed by atoms with Crippen molar-refractivity contribution in [1.82, 2.24) is 4.72 Å². The second-order valence-electron chi connectivity index (χ2n) is 4.09. The van der Waals surface area contributed by atoms with Crippen LogP contribution in [0.4, 0.5) is 5.69 Å². The fourth-order valence-electron chi connectivity index (χ4n) is 1.56. The van der Waals surface area contributed by atoms with Crippen LogP contribution < -0.4 is 4.72 Å². The Hall–Kier alpha value is -1.09. The maximum absolute atomic E-state index is 12.2. The van der Waals surface area contributed by atoms with Crippen molar-refractivity contribution in [2.75, 3.05) is 18.1 Å². The van der Waals surface area contributed by atoms with Gasteiger partial charge in [0.25, 0.3) is 5.69 Å². The number of hydrogen-bond donors (Lipinski definition) is 1. The predicted molar refractivity (Wildman–Crippen MR) is 85.6 cm³/mol. The van der Waals surface area contributed by atoms with Gasteiger partial charge in [-0.15, -0.1) is 6.58 Å². The quantitative estimate of drug-likeness (QED) is 0.337. The van der Waals surface area contributed by atoms with E-state index in [0.29, 0.717) is 11.3 Å². The molecule has 0 amide bonds. The van der Waals surface area contributed by atoms with E-state index in [1.54, 1.807) is 6.08 Å². The summed E-state index contributed by atoms with van der Waals surface area (Å²) in [5, 5.41) is 10.8. The van der Waals surface area contributed by atoms with Gasteiger partial charge in [0.1, 0.15) is 5.02 Å². The van der Waals surface area contributed by atoms with E-state index < -0.39 is 20.6 Å². The van der Waals surface area contributed by atoms with Crippen molar-refractivity contribution in [2.24, 2.45) is 0 Å². The van der Waals surface area contributed by atoms with E-state index in [1.807, 2.05) is 0 Å². The summed E-state index contributed by atoms with van der Waals surface area (Å²) < 4.78 is 26.7. The summed E-state index contributed by atoms with van der Waals surface area (Å²) in [5.41, 5.74) is -0.0690. The van der Waals surface area contributed by atoms with Crippen LogP contribution in [0.3, 0.4) is 0 Å². The van der Waals surface area contributed by atoms with Gasteiger partial charge >= 0.3 is 0 Å². The highest BCUT2D eigenvalue weighted by molar-refractivity contribution is 7.99. The SMILES string of the molecule is C=CCSCCNS(=O)(=O)c1cc([N+](=O)[O-])c(Cl)cc1C. The monoisotopic (exact) mass is 350 g/mol. The fraction of sp³-hybridized carbons (Fsp3) is 0.333. The Labute approximate surface area is 132 Å². The van der Waals surface area contributed by atoms with E-state index in [0.717, 1.165) is 11.8 Å². The third-order valence-corrected chi connectivity index (χ3v) is 5.37. The first-order valence-electron chi connectivity index (χ1n) is 5.92. The largest absolute Gasteiger partial charge is 0.289 e. The van der Waals surface area contributed by atoms with Crippen molar-refractivity contribution < 1.29 is 13.3 Å². The summed E-state index contributed by atoms with van der Waals surface area (Å²) in [6.45, 7) is 5.34. The molecule has 0 aromatic heterocycles. The molecule has 0 radical (unpaired) electrons. The van der Waals surface area contributed by atoms with Gasteiger partial charge in [0.15, 0.2) is 0 Å². The molecular weight excluding hydrogens is 336 g/mol. The summed E-state index contributed by atoms with van der Waals surface area (Å²) in [5.74, 6) is 1.31. The van der Waals surface area contributed by atoms with Crippen molar-refractivity contribution in [3.05, 3.63) is 45.5 Å². The van der Waals surface area contributed by atoms with Crippen LogP contribution in [0.15, 0.2) is 29.7 Å². The normalized spacial score (nSPS) is 11.3. The maximum Gasteiger partial charge on any atom is 0.289 e. The molecule has 0 atom stereocenters. The Bertz CT molecular complexity index is 647. The molecule has 0 heterocycles. The van der Waals surface area contributed by atoms with E-state index in [4.69, 9.17) is 11.6 Å². The highest BCUT2D eigenvalue weighted by Crippen LogP contribution is 2.29. The lowest BCUT2D eigenvalue weighted by Gasteiger charge is -2.09. The van der Waals surface area contributed by atoms with Gasteiger partial charge in [-0.05, 0) is 18.6 Å². The zero-order chi connectivity index (χ0) is 16.0. The molecule has 0 aliphatic heterocycles. The van der Waals surface area contributed by atoms with Gasteiger partial charge in [0.2, 0.25) is 10.0 Å². The van der Waals surface area contributed by atoms with Crippen molar-refractivity contribution in [3.63, 3.8) is 0 Å². The standard InChI is InChI=1S/C12H15ClN2O4S2/c1-3-5-20-6-4-14-21(18,19)12-8-11(15(16)17)10(13)7-9(12)2/h3,7-8,14H,1,4-6H2,2H3. The zero-order valence-corrected chi connectivity index (χ0v) is 13.7. The molecule has 1 rings (SSSR count). The number of aryl methyl sites for hydroxylation is 1. The first kappa shape index (κ1) is 18.0. The first-order valence-corrected chi connectivity index (χ1v) is 8.94. The molecule has 21 heavy (non-hydrogen) atoms. The first-order chi connectivity index (χ1) is 9.79. The Morgan fingerprint density at radius 1 is 1.52 bits per heavy atom. The maximum atomic E-state index is 12.2. The molecular formula is C12H15ClN2O4S2. The summed E-state index contributed by atoms with van der Waals surface area (Å²) in [6, 6.07) is 2.26. The lowest BCUT2D eigenvalue weighted by molar-refractivity contribution is -0.384. The highest BCUT2D eigenvalue weighted by atomic mass is 35.5. The predicted octanol–water partition coefficient (Wildman–Crippen LogP) is 2.75. The van der Waals surface area contributed by atoms with Crippen LogP contribution in [0, 0.1) is 17.0 Å². The third-order valence-electron chi connectivity index (χ3n) is 2.50. The van der Waals surface area contributed by atoms with Crippen LogP contribution in [-0.4, -0.2) is 31.4 Å². The summed E-state index contributed by atoms with van der Waals surface area (Å²) >= 11 is 7.27. The van der Waals surface area contributed by atoms with E-state index in [9.17, 15) is 18.5 Å². The fourth-order valence-corrected chi connectivity index (χ4v) is 3.84. The lowest BCUT2D eigenvalue weighted by atomic mass is 10.2. The van der Waals surface area contributed by atoms with E-state index in [-0.39, 0.29) is 16.5 Å². The number of halogens is 1. The number of rotatable bonds is 8. The highest BCUT2D eigenvalue weighted by Gasteiger charge is 2.23. The number of nitro groups is 1. The van der Waals surface area contributed by atoms with Crippen LogP contribution in [0.1, 0.15) is 5.56 Å². The van der Waals surface area contributed by atoms with Gasteiger partial charge in [-0.2, -0.15) is 11.8 Å². The van der Waals surface area contributed by atoms with E-state index in [2.05, 4.69) is 11.3 Å². The molecule has 1 N–H and O–H groups in total. The van der Waals surface area contributed by atoms with Crippen LogP contribution in [0.2, 0.25) is 5.02 Å². The second kappa shape index (κ2) is 7.79. The average molecular weight is 351 g/mol. The van der Waals surface area contributed by atoms with Gasteiger partial charge in [-0.25, -0.2) is 13.1 Å². The van der Waals surface area contributed by atoms with Crippen LogP contribution in [0.5, 0.6) is 0 Å². The molecule has 116 valence electrons. The van der Waals surface area contributed by atoms with Crippen molar-refractivity contribution in [1.29, 1.82) is 0 Å². The molecule has 0 spiro atoms. The van der Waals surface area contributed by atoms with E-state index in [1.165, 1.54) is 24.8 Å². The molecule has 9 heteroatoms. The third kappa shape index (κ3) is 4.99. The number of sulfonamides is 1. The molecule has 0 saturated carbocycles. The minimum atomic E-state index is -3.80. The average Bonchev–Trinajstić information content (AvgIpc) is 2.37. The van der Waals surface area contributed by atoms with Crippen LogP contribution in [0.25, 0.3) is 0 Å². The van der Waals surface area contributed by atoms with Crippen LogP contribution in [-0.2, 0) is 10.0 Å². The molecule has 0 unspecified atom stereocenters. The number of nitrogens with one attached hydrogen (secondary N) is 1. The number of hydrogen-bond acceptors (Lipinski definition) is 5. The Kier molecular flexibility index (Phi) is 6.66. The summed E-state index contributed by atoms with van der Waals surface area (Å²) in [4.78, 5) is 10.00. The molecule has 1 aromatic rings. The number of nitro benzene ring substituents is 1. The van der Waals surface area contributed by atoms with Gasteiger partial charge in [0, 0.05) is 24.1 Å². The topological polar surface area (TPSA) is 89.3 Å². The van der Waals surface area contributed by atoms with Crippen molar-refractivity contribution in [2.45, 2.75) is 11.8 Å². The second-order valence-corrected chi connectivity index (χ2v) is 7.38. The molecule has 0 saturated heterocycles. The molecule has 0 aliphatic rings. The Morgan fingerprint density at radius 3 is 2.76 bits per heavy atom. The van der Waals surface area contributed by atoms with Crippen LogP contribution >= 0.6 is 23.4 Å². The van der Waals surface area contributed by atoms with Crippen molar-refractivity contribution in [3.8, 4) is 0 Å². The zero-order valence-electron chi connectivity index (χ0n) is 11.3. The molecule has 0 aliphatic carbocycles. The van der Waals surface area contributed by atoms with Gasteiger partial charge < -0.3 is 0 Å². The van der Waals surface area contributed by atoms with Gasteiger partial charge in [-0.1, -0.05) is 17.7 Å². The minimum absolute atomic E-state index is 0.0852. The van der Waals surface area contributed by atoms with Gasteiger partial charge in [0.05, 0.1) is 9.82 Å². The smallest absolute Gasteiger partial charge is 0.258 e. The summed E-state index contributed by atoms with van der Waals surface area (Å²) in [6.07, 6.45) is 1.73.